The van der Waals surface area contributed by atoms with Crippen LogP contribution < -0.4 is 5.76 Å². The topological polar surface area (TPSA) is 65.1 Å². The van der Waals surface area contributed by atoms with Crippen molar-refractivity contribution in [1.29, 1.82) is 0 Å². The van der Waals surface area contributed by atoms with Crippen LogP contribution in [0, 0.1) is 0 Å². The fourth-order valence-corrected chi connectivity index (χ4v) is 2.50. The SMILES string of the molecule is Cn1c(=O)oc2cc(-c3nc(C=O)cs3)ccc21. The average Bonchev–Trinajstić information content (AvgIpc) is 2.95. The van der Waals surface area contributed by atoms with Gasteiger partial charge in [0.1, 0.15) is 10.7 Å². The molecule has 0 radical (unpaired) electrons. The van der Waals surface area contributed by atoms with Crippen LogP contribution >= 0.6 is 11.3 Å². The van der Waals surface area contributed by atoms with Gasteiger partial charge < -0.3 is 4.42 Å². The van der Waals surface area contributed by atoms with Gasteiger partial charge in [0.05, 0.1) is 5.52 Å². The highest BCUT2D eigenvalue weighted by atomic mass is 32.1. The highest BCUT2D eigenvalue weighted by Crippen LogP contribution is 2.26. The molecule has 6 heteroatoms. The number of rotatable bonds is 2. The Labute approximate surface area is 105 Å². The van der Waals surface area contributed by atoms with Crippen LogP contribution in [0.3, 0.4) is 0 Å². The molecule has 0 amide bonds. The van der Waals surface area contributed by atoms with Gasteiger partial charge in [0.15, 0.2) is 11.9 Å². The Morgan fingerprint density at radius 1 is 1.44 bits per heavy atom. The lowest BCUT2D eigenvalue weighted by Gasteiger charge is -1.96. The Hall–Kier alpha value is -2.21. The molecule has 0 aliphatic heterocycles. The van der Waals surface area contributed by atoms with Crippen LogP contribution in [0.25, 0.3) is 21.7 Å². The molecule has 0 saturated heterocycles. The lowest BCUT2D eigenvalue weighted by atomic mass is 10.2. The van der Waals surface area contributed by atoms with Crippen molar-refractivity contribution in [3.63, 3.8) is 0 Å². The second kappa shape index (κ2) is 3.92. The molecule has 3 rings (SSSR count). The van der Waals surface area contributed by atoms with Gasteiger partial charge in [0.2, 0.25) is 0 Å². The molecule has 90 valence electrons. The Balaban J connectivity index is 2.18. The molecule has 0 aliphatic carbocycles. The van der Waals surface area contributed by atoms with Crippen LogP contribution in [-0.4, -0.2) is 15.8 Å². The number of fused-ring (bicyclic) bond motifs is 1. The average molecular weight is 260 g/mol. The standard InChI is InChI=1S/C12H8N2O3S/c1-14-9-3-2-7(4-10(9)17-12(14)16)11-13-8(5-15)6-18-11/h2-6H,1H3. The molecule has 0 aliphatic rings. The summed E-state index contributed by atoms with van der Waals surface area (Å²) in [6.45, 7) is 0. The van der Waals surface area contributed by atoms with Crippen LogP contribution in [0.15, 0.2) is 32.8 Å². The lowest BCUT2D eigenvalue weighted by Crippen LogP contribution is -2.08. The third-order valence-corrected chi connectivity index (χ3v) is 3.59. The number of nitrogens with zero attached hydrogens (tertiary/aromatic N) is 2. The third-order valence-electron chi connectivity index (χ3n) is 2.68. The van der Waals surface area contributed by atoms with Gasteiger partial charge in [-0.05, 0) is 18.2 Å². The molecule has 0 atom stereocenters. The monoisotopic (exact) mass is 260 g/mol. The first-order chi connectivity index (χ1) is 8.69. The number of carbonyl (C=O) groups is 1. The molecular weight excluding hydrogens is 252 g/mol. The second-order valence-electron chi connectivity index (χ2n) is 3.80. The Bertz CT molecular complexity index is 797. The third kappa shape index (κ3) is 1.58. The molecule has 3 aromatic rings. The smallest absolute Gasteiger partial charge is 0.408 e. The maximum Gasteiger partial charge on any atom is 0.419 e. The molecule has 0 unspecified atom stereocenters. The fraction of sp³-hybridized carbons (Fsp3) is 0.0833. The van der Waals surface area contributed by atoms with Gasteiger partial charge in [0.25, 0.3) is 0 Å². The van der Waals surface area contributed by atoms with Gasteiger partial charge in [-0.2, -0.15) is 0 Å². The number of hydrogen-bond donors (Lipinski definition) is 0. The minimum Gasteiger partial charge on any atom is -0.408 e. The summed E-state index contributed by atoms with van der Waals surface area (Å²) in [6.07, 6.45) is 0.709. The highest BCUT2D eigenvalue weighted by molar-refractivity contribution is 7.13. The highest BCUT2D eigenvalue weighted by Gasteiger charge is 2.09. The molecule has 0 N–H and O–H groups in total. The zero-order valence-corrected chi connectivity index (χ0v) is 10.2. The van der Waals surface area contributed by atoms with E-state index in [2.05, 4.69) is 4.98 Å². The number of carbonyl (C=O) groups excluding carboxylic acids is 1. The summed E-state index contributed by atoms with van der Waals surface area (Å²) >= 11 is 1.38. The maximum atomic E-state index is 11.4. The molecule has 2 aromatic heterocycles. The van der Waals surface area contributed by atoms with E-state index in [1.54, 1.807) is 24.6 Å². The van der Waals surface area contributed by atoms with E-state index in [1.165, 1.54) is 15.9 Å². The molecule has 0 spiro atoms. The number of aromatic nitrogens is 2. The maximum absolute atomic E-state index is 11.4. The number of thiazole rings is 1. The molecule has 18 heavy (non-hydrogen) atoms. The van der Waals surface area contributed by atoms with E-state index in [4.69, 9.17) is 4.42 Å². The van der Waals surface area contributed by atoms with E-state index in [0.29, 0.717) is 17.6 Å². The van der Waals surface area contributed by atoms with Gasteiger partial charge in [-0.25, -0.2) is 9.78 Å². The first kappa shape index (κ1) is 10.9. The van der Waals surface area contributed by atoms with Crippen LogP contribution in [-0.2, 0) is 7.05 Å². The number of oxazole rings is 1. The summed E-state index contributed by atoms with van der Waals surface area (Å²) in [6, 6.07) is 5.41. The summed E-state index contributed by atoms with van der Waals surface area (Å²) in [7, 11) is 1.65. The second-order valence-corrected chi connectivity index (χ2v) is 4.66. The Morgan fingerprint density at radius 3 is 3.00 bits per heavy atom. The van der Waals surface area contributed by atoms with Crippen LogP contribution in [0.2, 0.25) is 0 Å². The van der Waals surface area contributed by atoms with E-state index in [9.17, 15) is 9.59 Å². The van der Waals surface area contributed by atoms with Gasteiger partial charge in [-0.15, -0.1) is 11.3 Å². The van der Waals surface area contributed by atoms with E-state index in [1.807, 2.05) is 6.07 Å². The van der Waals surface area contributed by atoms with Crippen molar-refractivity contribution < 1.29 is 9.21 Å². The predicted octanol–water partition coefficient (Wildman–Crippen LogP) is 2.07. The number of aldehydes is 1. The normalized spacial score (nSPS) is 10.9. The molecule has 5 nitrogen and oxygen atoms in total. The van der Waals surface area contributed by atoms with Crippen molar-refractivity contribution in [3.05, 3.63) is 39.8 Å². The lowest BCUT2D eigenvalue weighted by molar-refractivity contribution is 0.111. The van der Waals surface area contributed by atoms with Crippen molar-refractivity contribution in [2.75, 3.05) is 0 Å². The Kier molecular flexibility index (Phi) is 2.38. The summed E-state index contributed by atoms with van der Waals surface area (Å²) in [5.74, 6) is -0.394. The van der Waals surface area contributed by atoms with Gasteiger partial charge in [-0.3, -0.25) is 9.36 Å². The molecule has 0 bridgehead atoms. The number of benzene rings is 1. The first-order valence-corrected chi connectivity index (χ1v) is 6.07. The van der Waals surface area contributed by atoms with Crippen LogP contribution in [0.5, 0.6) is 0 Å². The minimum absolute atomic E-state index is 0.394. The van der Waals surface area contributed by atoms with E-state index >= 15 is 0 Å². The zero-order valence-electron chi connectivity index (χ0n) is 9.41. The van der Waals surface area contributed by atoms with Gasteiger partial charge in [0, 0.05) is 18.0 Å². The van der Waals surface area contributed by atoms with Crippen molar-refractivity contribution in [1.82, 2.24) is 9.55 Å². The van der Waals surface area contributed by atoms with Gasteiger partial charge in [-0.1, -0.05) is 0 Å². The number of hydrogen-bond acceptors (Lipinski definition) is 5. The van der Waals surface area contributed by atoms with E-state index in [0.717, 1.165) is 16.1 Å². The van der Waals surface area contributed by atoms with Gasteiger partial charge >= 0.3 is 5.76 Å². The van der Waals surface area contributed by atoms with Crippen LogP contribution in [0.4, 0.5) is 0 Å². The molecular formula is C12H8N2O3S. The summed E-state index contributed by atoms with van der Waals surface area (Å²) in [4.78, 5) is 26.1. The quantitative estimate of drug-likeness (QED) is 0.661. The minimum atomic E-state index is -0.394. The van der Waals surface area contributed by atoms with E-state index < -0.39 is 5.76 Å². The van der Waals surface area contributed by atoms with E-state index in [-0.39, 0.29) is 0 Å². The van der Waals surface area contributed by atoms with Crippen molar-refractivity contribution in [2.24, 2.45) is 7.05 Å². The first-order valence-electron chi connectivity index (χ1n) is 5.19. The fourth-order valence-electron chi connectivity index (χ4n) is 1.74. The van der Waals surface area contributed by atoms with Crippen molar-refractivity contribution in [3.8, 4) is 10.6 Å². The molecule has 0 fully saturated rings. The van der Waals surface area contributed by atoms with Crippen LogP contribution in [0.1, 0.15) is 10.5 Å². The molecule has 2 heterocycles. The summed E-state index contributed by atoms with van der Waals surface area (Å²) in [5, 5.41) is 2.42. The van der Waals surface area contributed by atoms with Crippen molar-refractivity contribution >= 4 is 28.7 Å². The predicted molar refractivity (Wildman–Crippen MR) is 68.0 cm³/mol. The molecule has 0 saturated carbocycles. The molecule has 1 aromatic carbocycles. The Morgan fingerprint density at radius 2 is 2.28 bits per heavy atom. The largest absolute Gasteiger partial charge is 0.419 e. The summed E-state index contributed by atoms with van der Waals surface area (Å²) < 4.78 is 6.55. The van der Waals surface area contributed by atoms with Crippen molar-refractivity contribution in [2.45, 2.75) is 0 Å². The zero-order chi connectivity index (χ0) is 12.7. The number of aryl methyl sites for hydroxylation is 1. The summed E-state index contributed by atoms with van der Waals surface area (Å²) in [5.41, 5.74) is 2.48.